The van der Waals surface area contributed by atoms with E-state index >= 15 is 0 Å². The number of halogens is 2. The quantitative estimate of drug-likeness (QED) is 0.668. The van der Waals surface area contributed by atoms with Gasteiger partial charge in [0, 0.05) is 6.61 Å². The van der Waals surface area contributed by atoms with Crippen molar-refractivity contribution < 1.29 is 13.5 Å². The Kier molecular flexibility index (Phi) is 5.40. The van der Waals surface area contributed by atoms with Crippen LogP contribution >= 0.6 is 0 Å². The van der Waals surface area contributed by atoms with Gasteiger partial charge in [0.1, 0.15) is 0 Å². The van der Waals surface area contributed by atoms with Crippen molar-refractivity contribution in [2.75, 3.05) is 26.7 Å². The van der Waals surface area contributed by atoms with Crippen molar-refractivity contribution in [3.05, 3.63) is 0 Å². The molecule has 0 bridgehead atoms. The molecule has 0 amide bonds. The first kappa shape index (κ1) is 12.8. The molecule has 0 N–H and O–H groups in total. The molecule has 1 saturated heterocycles. The van der Waals surface area contributed by atoms with Crippen LogP contribution in [0.3, 0.4) is 0 Å². The summed E-state index contributed by atoms with van der Waals surface area (Å²) in [7, 11) is 1.68. The number of hydrogen-bond donors (Lipinski definition) is 0. The van der Waals surface area contributed by atoms with Gasteiger partial charge in [-0.15, -0.1) is 0 Å². The molecular weight excluding hydrogens is 176 g/mol. The summed E-state index contributed by atoms with van der Waals surface area (Å²) in [5.41, 5.74) is 0. The molecule has 80 valence electrons. The molecule has 0 saturated carbocycles. The smallest absolute Gasteiger partial charge is 0.272 e. The number of rotatable bonds is 2. The van der Waals surface area contributed by atoms with E-state index in [0.717, 1.165) is 6.61 Å². The fourth-order valence-electron chi connectivity index (χ4n) is 1.08. The molecule has 13 heavy (non-hydrogen) atoms. The van der Waals surface area contributed by atoms with Crippen molar-refractivity contribution in [1.82, 2.24) is 4.90 Å². The van der Waals surface area contributed by atoms with E-state index in [2.05, 4.69) is 0 Å². The second-order valence-corrected chi connectivity index (χ2v) is 3.53. The number of alkyl halides is 2. The Labute approximate surface area is 78.9 Å². The number of ether oxygens (including phenoxy) is 1. The molecule has 1 aliphatic heterocycles. The van der Waals surface area contributed by atoms with Crippen LogP contribution in [0.4, 0.5) is 8.78 Å². The molecule has 0 aromatic carbocycles. The monoisotopic (exact) mass is 195 g/mol. The van der Waals surface area contributed by atoms with Gasteiger partial charge in [-0.2, -0.15) is 0 Å². The van der Waals surface area contributed by atoms with Crippen molar-refractivity contribution >= 4 is 0 Å². The van der Waals surface area contributed by atoms with Crippen LogP contribution in [0.15, 0.2) is 0 Å². The molecule has 1 rings (SSSR count). The van der Waals surface area contributed by atoms with Crippen LogP contribution in [-0.2, 0) is 4.74 Å². The summed E-state index contributed by atoms with van der Waals surface area (Å²) < 4.78 is 28.5. The summed E-state index contributed by atoms with van der Waals surface area (Å²) in [5.74, 6) is -2.38. The SMILES string of the molecule is CCOC(C)C.CN1CC(F)(F)C1. The van der Waals surface area contributed by atoms with Crippen LogP contribution in [-0.4, -0.2) is 43.7 Å². The molecule has 0 atom stereocenters. The van der Waals surface area contributed by atoms with E-state index < -0.39 is 5.92 Å². The third-order valence-corrected chi connectivity index (χ3v) is 1.50. The Morgan fingerprint density at radius 1 is 1.38 bits per heavy atom. The third kappa shape index (κ3) is 6.90. The lowest BCUT2D eigenvalue weighted by Gasteiger charge is -2.35. The zero-order chi connectivity index (χ0) is 10.5. The molecular formula is C9H19F2NO. The van der Waals surface area contributed by atoms with Crippen LogP contribution in [0.2, 0.25) is 0 Å². The van der Waals surface area contributed by atoms with Gasteiger partial charge in [0.05, 0.1) is 19.2 Å². The predicted octanol–water partition coefficient (Wildman–Crippen LogP) is 2.00. The van der Waals surface area contributed by atoms with E-state index in [1.54, 1.807) is 11.9 Å². The Morgan fingerprint density at radius 3 is 1.85 bits per heavy atom. The average molecular weight is 195 g/mol. The maximum Gasteiger partial charge on any atom is 0.272 e. The van der Waals surface area contributed by atoms with Crippen LogP contribution in [0.1, 0.15) is 20.8 Å². The van der Waals surface area contributed by atoms with Gasteiger partial charge in [0.25, 0.3) is 5.92 Å². The van der Waals surface area contributed by atoms with Crippen LogP contribution in [0.5, 0.6) is 0 Å². The highest BCUT2D eigenvalue weighted by Gasteiger charge is 2.41. The molecule has 1 heterocycles. The standard InChI is InChI=1S/C5H12O.C4H7F2N/c1-4-6-5(2)3;1-7-2-4(5,6)3-7/h5H,4H2,1-3H3;2-3H2,1H3. The van der Waals surface area contributed by atoms with Crippen molar-refractivity contribution in [2.45, 2.75) is 32.8 Å². The zero-order valence-corrected chi connectivity index (χ0v) is 8.81. The highest BCUT2D eigenvalue weighted by Crippen LogP contribution is 2.23. The van der Waals surface area contributed by atoms with E-state index in [9.17, 15) is 8.78 Å². The van der Waals surface area contributed by atoms with Crippen LogP contribution in [0, 0.1) is 0 Å². The summed E-state index contributed by atoms with van der Waals surface area (Å²) >= 11 is 0. The minimum absolute atomic E-state index is 0.0625. The largest absolute Gasteiger partial charge is 0.379 e. The molecule has 0 aromatic heterocycles. The Hall–Kier alpha value is -0.220. The van der Waals surface area contributed by atoms with Gasteiger partial charge < -0.3 is 4.74 Å². The third-order valence-electron chi connectivity index (χ3n) is 1.50. The minimum atomic E-state index is -2.38. The Bertz CT molecular complexity index is 132. The number of hydrogen-bond acceptors (Lipinski definition) is 2. The lowest BCUT2D eigenvalue weighted by Crippen LogP contribution is -2.53. The number of nitrogens with zero attached hydrogens (tertiary/aromatic N) is 1. The van der Waals surface area contributed by atoms with E-state index in [4.69, 9.17) is 4.74 Å². The Morgan fingerprint density at radius 2 is 1.85 bits per heavy atom. The van der Waals surface area contributed by atoms with E-state index in [1.807, 2.05) is 20.8 Å². The molecule has 4 heteroatoms. The normalized spacial score (nSPS) is 20.5. The molecule has 1 aliphatic rings. The maximum absolute atomic E-state index is 11.7. The lowest BCUT2D eigenvalue weighted by atomic mass is 10.2. The fraction of sp³-hybridized carbons (Fsp3) is 1.00. The Balaban J connectivity index is 0.000000226. The first-order valence-electron chi connectivity index (χ1n) is 4.55. The summed E-state index contributed by atoms with van der Waals surface area (Å²) in [6.07, 6.45) is 0.398. The number of likely N-dealkylation sites (tertiary alicyclic amines) is 1. The van der Waals surface area contributed by atoms with E-state index in [-0.39, 0.29) is 13.1 Å². The van der Waals surface area contributed by atoms with Crippen LogP contribution in [0.25, 0.3) is 0 Å². The van der Waals surface area contributed by atoms with Gasteiger partial charge in [0.15, 0.2) is 0 Å². The van der Waals surface area contributed by atoms with Gasteiger partial charge in [-0.1, -0.05) is 0 Å². The van der Waals surface area contributed by atoms with Gasteiger partial charge >= 0.3 is 0 Å². The second-order valence-electron chi connectivity index (χ2n) is 3.53. The first-order valence-corrected chi connectivity index (χ1v) is 4.55. The maximum atomic E-state index is 11.7. The topological polar surface area (TPSA) is 12.5 Å². The van der Waals surface area contributed by atoms with Gasteiger partial charge in [0.2, 0.25) is 0 Å². The van der Waals surface area contributed by atoms with Crippen molar-refractivity contribution in [3.8, 4) is 0 Å². The molecule has 1 fully saturated rings. The summed E-state index contributed by atoms with van der Waals surface area (Å²) in [5, 5.41) is 0. The van der Waals surface area contributed by atoms with Gasteiger partial charge in [-0.25, -0.2) is 8.78 Å². The molecule has 0 aromatic rings. The van der Waals surface area contributed by atoms with Crippen LogP contribution < -0.4 is 0 Å². The second kappa shape index (κ2) is 5.50. The van der Waals surface area contributed by atoms with Crippen molar-refractivity contribution in [3.63, 3.8) is 0 Å². The lowest BCUT2D eigenvalue weighted by molar-refractivity contribution is -0.119. The van der Waals surface area contributed by atoms with Crippen molar-refractivity contribution in [2.24, 2.45) is 0 Å². The highest BCUT2D eigenvalue weighted by molar-refractivity contribution is 4.83. The predicted molar refractivity (Wildman–Crippen MR) is 49.2 cm³/mol. The first-order chi connectivity index (χ1) is 5.87. The van der Waals surface area contributed by atoms with E-state index in [0.29, 0.717) is 6.10 Å². The fourth-order valence-corrected chi connectivity index (χ4v) is 1.08. The molecule has 0 aliphatic carbocycles. The summed E-state index contributed by atoms with van der Waals surface area (Å²) in [6.45, 7) is 6.77. The van der Waals surface area contributed by atoms with E-state index in [1.165, 1.54) is 0 Å². The molecule has 0 radical (unpaired) electrons. The average Bonchev–Trinajstić information content (AvgIpc) is 1.83. The zero-order valence-electron chi connectivity index (χ0n) is 8.81. The highest BCUT2D eigenvalue weighted by atomic mass is 19.3. The molecule has 2 nitrogen and oxygen atoms in total. The van der Waals surface area contributed by atoms with Gasteiger partial charge in [-0.05, 0) is 27.8 Å². The molecule has 0 spiro atoms. The summed E-state index contributed by atoms with van der Waals surface area (Å²) in [4.78, 5) is 1.58. The molecule has 0 unspecified atom stereocenters. The summed E-state index contributed by atoms with van der Waals surface area (Å²) in [6, 6.07) is 0. The van der Waals surface area contributed by atoms with Crippen molar-refractivity contribution in [1.29, 1.82) is 0 Å². The van der Waals surface area contributed by atoms with Gasteiger partial charge in [-0.3, -0.25) is 4.90 Å². The minimum Gasteiger partial charge on any atom is -0.379 e.